The fourth-order valence-corrected chi connectivity index (χ4v) is 5.57. The molecule has 1 saturated heterocycles. The lowest BCUT2D eigenvalue weighted by Crippen LogP contribution is -2.29. The molecule has 0 bridgehead atoms. The fourth-order valence-electron chi connectivity index (χ4n) is 4.51. The Balaban J connectivity index is 1.73. The van der Waals surface area contributed by atoms with Gasteiger partial charge in [-0.1, -0.05) is 60.2 Å². The zero-order valence-corrected chi connectivity index (χ0v) is 21.8. The summed E-state index contributed by atoms with van der Waals surface area (Å²) < 4.78 is 11.8. The minimum atomic E-state index is -0.910. The molecule has 188 valence electrons. The van der Waals surface area contributed by atoms with Gasteiger partial charge < -0.3 is 14.6 Å². The number of carbonyl (C=O) groups is 2. The zero-order valence-electron chi connectivity index (χ0n) is 20.9. The van der Waals surface area contributed by atoms with Crippen LogP contribution in [-0.4, -0.2) is 36.0 Å². The lowest BCUT2D eigenvalue weighted by atomic mass is 9.95. The van der Waals surface area contributed by atoms with Crippen LogP contribution >= 0.6 is 11.3 Å². The van der Waals surface area contributed by atoms with E-state index in [4.69, 9.17) is 14.5 Å². The maximum atomic E-state index is 13.5. The number of hydrogen-bond donors (Lipinski definition) is 1. The highest BCUT2D eigenvalue weighted by molar-refractivity contribution is 7.22. The molecular formula is C29H26N2O5S. The second-order valence-corrected chi connectivity index (χ2v) is 9.81. The van der Waals surface area contributed by atoms with Crippen LogP contribution in [0.1, 0.15) is 35.2 Å². The first-order valence-electron chi connectivity index (χ1n) is 11.9. The van der Waals surface area contributed by atoms with Crippen LogP contribution in [0.5, 0.6) is 11.5 Å². The van der Waals surface area contributed by atoms with E-state index in [-0.39, 0.29) is 11.3 Å². The summed E-state index contributed by atoms with van der Waals surface area (Å²) in [5.74, 6) is -0.809. The van der Waals surface area contributed by atoms with E-state index in [2.05, 4.69) is 6.92 Å². The standard InChI is InChI=1S/C29H26N2O5S/c1-5-17-8-12-20-23(14-17)37-29(30-20)31-25(19-11-13-21(35-3)22(15-19)36-4)24(27(33)28(31)34)26(32)18-9-6-16(2)7-10-18/h6-15,25,32H,5H2,1-4H3/b26-24+/t25-/m1/s1. The van der Waals surface area contributed by atoms with Crippen LogP contribution in [-0.2, 0) is 16.0 Å². The average molecular weight is 515 g/mol. The number of aryl methyl sites for hydroxylation is 2. The van der Waals surface area contributed by atoms with Gasteiger partial charge in [0.05, 0.1) is 36.1 Å². The molecule has 1 fully saturated rings. The van der Waals surface area contributed by atoms with Crippen molar-refractivity contribution in [1.29, 1.82) is 0 Å². The van der Waals surface area contributed by atoms with Crippen LogP contribution in [0.15, 0.2) is 66.2 Å². The van der Waals surface area contributed by atoms with E-state index in [1.807, 2.05) is 37.3 Å². The second kappa shape index (κ2) is 9.71. The number of nitrogens with zero attached hydrogens (tertiary/aromatic N) is 2. The largest absolute Gasteiger partial charge is 0.507 e. The summed E-state index contributed by atoms with van der Waals surface area (Å²) in [6, 6.07) is 17.4. The van der Waals surface area contributed by atoms with Gasteiger partial charge in [0.1, 0.15) is 5.76 Å². The molecule has 37 heavy (non-hydrogen) atoms. The van der Waals surface area contributed by atoms with E-state index in [1.165, 1.54) is 30.5 Å². The first-order valence-corrected chi connectivity index (χ1v) is 12.7. The number of carbonyl (C=O) groups excluding carboxylic acids is 2. The summed E-state index contributed by atoms with van der Waals surface area (Å²) in [5, 5.41) is 11.7. The Kier molecular flexibility index (Phi) is 6.43. The highest BCUT2D eigenvalue weighted by atomic mass is 32.1. The number of amides is 1. The molecule has 0 spiro atoms. The zero-order chi connectivity index (χ0) is 26.3. The van der Waals surface area contributed by atoms with Gasteiger partial charge in [-0.3, -0.25) is 14.5 Å². The van der Waals surface area contributed by atoms with Crippen molar-refractivity contribution in [1.82, 2.24) is 4.98 Å². The van der Waals surface area contributed by atoms with E-state index >= 15 is 0 Å². The number of thiazole rings is 1. The molecule has 4 aromatic rings. The van der Waals surface area contributed by atoms with Gasteiger partial charge in [-0.15, -0.1) is 0 Å². The molecule has 1 aliphatic rings. The summed E-state index contributed by atoms with van der Waals surface area (Å²) in [7, 11) is 3.05. The van der Waals surface area contributed by atoms with E-state index in [1.54, 1.807) is 30.3 Å². The number of ether oxygens (including phenoxy) is 2. The molecule has 1 amide bonds. The third-order valence-electron chi connectivity index (χ3n) is 6.55. The molecule has 1 N–H and O–H groups in total. The number of fused-ring (bicyclic) bond motifs is 1. The first-order chi connectivity index (χ1) is 17.9. The van der Waals surface area contributed by atoms with Gasteiger partial charge in [0.25, 0.3) is 5.78 Å². The molecule has 8 heteroatoms. The minimum Gasteiger partial charge on any atom is -0.507 e. The Morgan fingerprint density at radius 3 is 2.41 bits per heavy atom. The highest BCUT2D eigenvalue weighted by Crippen LogP contribution is 2.45. The van der Waals surface area contributed by atoms with Crippen molar-refractivity contribution in [3.63, 3.8) is 0 Å². The maximum Gasteiger partial charge on any atom is 0.301 e. The van der Waals surface area contributed by atoms with Gasteiger partial charge in [-0.05, 0) is 48.7 Å². The second-order valence-electron chi connectivity index (χ2n) is 8.80. The molecule has 0 unspecified atom stereocenters. The highest BCUT2D eigenvalue weighted by Gasteiger charge is 2.48. The van der Waals surface area contributed by atoms with Crippen LogP contribution in [0.3, 0.4) is 0 Å². The average Bonchev–Trinajstić information content (AvgIpc) is 3.45. The number of aromatic nitrogens is 1. The summed E-state index contributed by atoms with van der Waals surface area (Å²) in [5.41, 5.74) is 3.93. The molecule has 3 aromatic carbocycles. The quantitative estimate of drug-likeness (QED) is 0.198. The Hall–Kier alpha value is -4.17. The van der Waals surface area contributed by atoms with Crippen LogP contribution in [0.2, 0.25) is 0 Å². The third-order valence-corrected chi connectivity index (χ3v) is 7.57. The molecule has 5 rings (SSSR count). The summed E-state index contributed by atoms with van der Waals surface area (Å²) in [6.07, 6.45) is 0.871. The SMILES string of the molecule is CCc1ccc2nc(N3C(=O)C(=O)/C(=C(/O)c4ccc(C)cc4)[C@H]3c3ccc(OC)c(OC)c3)sc2c1. The monoisotopic (exact) mass is 514 g/mol. The molecule has 1 aliphatic heterocycles. The van der Waals surface area contributed by atoms with Crippen molar-refractivity contribution in [3.8, 4) is 11.5 Å². The summed E-state index contributed by atoms with van der Waals surface area (Å²) in [6.45, 7) is 4.01. The van der Waals surface area contributed by atoms with Crippen molar-refractivity contribution < 1.29 is 24.2 Å². The van der Waals surface area contributed by atoms with Crippen LogP contribution < -0.4 is 14.4 Å². The number of ketones is 1. The van der Waals surface area contributed by atoms with Crippen LogP contribution in [0.25, 0.3) is 16.0 Å². The number of hydrogen-bond acceptors (Lipinski definition) is 7. The van der Waals surface area contributed by atoms with Gasteiger partial charge in [0.15, 0.2) is 16.6 Å². The van der Waals surface area contributed by atoms with Crippen molar-refractivity contribution >= 4 is 44.1 Å². The van der Waals surface area contributed by atoms with Crippen molar-refractivity contribution in [2.75, 3.05) is 19.1 Å². The van der Waals surface area contributed by atoms with Gasteiger partial charge >= 0.3 is 5.91 Å². The first kappa shape index (κ1) is 24.5. The predicted octanol–water partition coefficient (Wildman–Crippen LogP) is 5.81. The van der Waals surface area contributed by atoms with Crippen LogP contribution in [0, 0.1) is 6.92 Å². The fraction of sp³-hybridized carbons (Fsp3) is 0.207. The number of anilines is 1. The van der Waals surface area contributed by atoms with E-state index < -0.39 is 17.7 Å². The molecular weight excluding hydrogens is 488 g/mol. The summed E-state index contributed by atoms with van der Waals surface area (Å²) >= 11 is 1.34. The number of rotatable bonds is 6. The molecule has 1 aromatic heterocycles. The third kappa shape index (κ3) is 4.23. The lowest BCUT2D eigenvalue weighted by molar-refractivity contribution is -0.132. The van der Waals surface area contributed by atoms with Crippen LogP contribution in [0.4, 0.5) is 5.13 Å². The smallest absolute Gasteiger partial charge is 0.301 e. The molecule has 7 nitrogen and oxygen atoms in total. The molecule has 0 saturated carbocycles. The van der Waals surface area contributed by atoms with Gasteiger partial charge in [-0.2, -0.15) is 0 Å². The normalized spacial score (nSPS) is 17.0. The Morgan fingerprint density at radius 1 is 1.00 bits per heavy atom. The molecule has 0 aliphatic carbocycles. The molecule has 1 atom stereocenters. The van der Waals surface area contributed by atoms with E-state index in [0.717, 1.165) is 27.8 Å². The predicted molar refractivity (Wildman–Crippen MR) is 145 cm³/mol. The Morgan fingerprint density at radius 2 is 1.73 bits per heavy atom. The van der Waals surface area contributed by atoms with E-state index in [9.17, 15) is 14.7 Å². The molecule has 0 radical (unpaired) electrons. The minimum absolute atomic E-state index is 0.00502. The number of methoxy groups -OCH3 is 2. The van der Waals surface area contributed by atoms with E-state index in [0.29, 0.717) is 27.8 Å². The lowest BCUT2D eigenvalue weighted by Gasteiger charge is -2.23. The Labute approximate surface area is 218 Å². The topological polar surface area (TPSA) is 89.0 Å². The van der Waals surface area contributed by atoms with Gasteiger partial charge in [0.2, 0.25) is 0 Å². The summed E-state index contributed by atoms with van der Waals surface area (Å²) in [4.78, 5) is 33.0. The van der Waals surface area contributed by atoms with Crippen molar-refractivity contribution in [2.24, 2.45) is 0 Å². The number of benzene rings is 3. The molecule has 2 heterocycles. The van der Waals surface area contributed by atoms with Crippen molar-refractivity contribution in [3.05, 3.63) is 88.5 Å². The van der Waals surface area contributed by atoms with Gasteiger partial charge in [0, 0.05) is 5.56 Å². The number of aliphatic hydroxyl groups excluding tert-OH is 1. The van der Waals surface area contributed by atoms with Gasteiger partial charge in [-0.25, -0.2) is 4.98 Å². The Bertz CT molecular complexity index is 1550. The maximum absolute atomic E-state index is 13.5. The van der Waals surface area contributed by atoms with Crippen molar-refractivity contribution in [2.45, 2.75) is 26.3 Å². The number of Topliss-reactive ketones (excluding diaryl/α,β-unsaturated/α-hetero) is 1. The number of aliphatic hydroxyl groups is 1.